The number of pyridine rings is 2. The van der Waals surface area contributed by atoms with Crippen LogP contribution in [0, 0.1) is 0 Å². The molecule has 29 heavy (non-hydrogen) atoms. The van der Waals surface area contributed by atoms with Crippen LogP contribution >= 0.6 is 0 Å². The number of fused-ring (bicyclic) bond motifs is 5. The van der Waals surface area contributed by atoms with E-state index in [1.807, 2.05) is 31.2 Å². The van der Waals surface area contributed by atoms with Gasteiger partial charge in [0.15, 0.2) is 0 Å². The third kappa shape index (κ3) is 2.55. The lowest BCUT2D eigenvalue weighted by molar-refractivity contribution is -0.0790. The highest BCUT2D eigenvalue weighted by molar-refractivity contribution is 5.89. The predicted molar refractivity (Wildman–Crippen MR) is 109 cm³/mol. The highest BCUT2D eigenvalue weighted by Gasteiger charge is 2.35. The second-order valence-corrected chi connectivity index (χ2v) is 7.69. The zero-order valence-electron chi connectivity index (χ0n) is 16.8. The van der Waals surface area contributed by atoms with Crippen molar-refractivity contribution in [3.63, 3.8) is 0 Å². The largest absolute Gasteiger partial charge is 0.497 e. The molecule has 2 aliphatic heterocycles. The number of rotatable bonds is 3. The van der Waals surface area contributed by atoms with Crippen LogP contribution in [0.15, 0.2) is 29.1 Å². The minimum atomic E-state index is -1.38. The first-order valence-electron chi connectivity index (χ1n) is 10.1. The van der Waals surface area contributed by atoms with Crippen molar-refractivity contribution in [1.82, 2.24) is 9.55 Å². The molecule has 150 valence electrons. The van der Waals surface area contributed by atoms with Gasteiger partial charge in [0.1, 0.15) is 5.75 Å². The van der Waals surface area contributed by atoms with Gasteiger partial charge in [-0.2, -0.15) is 0 Å². The molecule has 2 aliphatic rings. The first-order chi connectivity index (χ1) is 14.1. The van der Waals surface area contributed by atoms with Gasteiger partial charge >= 0.3 is 0 Å². The van der Waals surface area contributed by atoms with E-state index < -0.39 is 12.3 Å². The first kappa shape index (κ1) is 18.3. The zero-order chi connectivity index (χ0) is 20.3. The van der Waals surface area contributed by atoms with Gasteiger partial charge in [-0.15, -0.1) is 0 Å². The number of hydrogen-bond acceptors (Lipinski definition) is 4. The first-order valence-corrected chi connectivity index (χ1v) is 10.1. The molecule has 5 nitrogen and oxygen atoms in total. The van der Waals surface area contributed by atoms with Crippen LogP contribution < -0.4 is 10.3 Å². The van der Waals surface area contributed by atoms with Gasteiger partial charge in [0.25, 0.3) is 5.56 Å². The van der Waals surface area contributed by atoms with Gasteiger partial charge in [-0.3, -0.25) is 4.79 Å². The van der Waals surface area contributed by atoms with E-state index in [0.717, 1.165) is 45.6 Å². The second kappa shape index (κ2) is 6.66. The van der Waals surface area contributed by atoms with E-state index in [-0.39, 0.29) is 12.2 Å². The summed E-state index contributed by atoms with van der Waals surface area (Å²) in [5.74, 6) is 0.366. The van der Waals surface area contributed by atoms with Crippen LogP contribution in [-0.4, -0.2) is 23.0 Å². The number of hydrogen-bond donors (Lipinski definition) is 0. The molecule has 0 N–H and O–H groups in total. The number of alkyl halides is 1. The summed E-state index contributed by atoms with van der Waals surface area (Å²) in [5, 5.41) is 1.05. The third-order valence-corrected chi connectivity index (χ3v) is 6.30. The fourth-order valence-corrected chi connectivity index (χ4v) is 4.78. The number of halogens is 1. The molecule has 0 aliphatic carbocycles. The van der Waals surface area contributed by atoms with Gasteiger partial charge in [0.05, 0.1) is 37.2 Å². The molecule has 0 amide bonds. The molecular formula is C23H23FN2O3. The Morgan fingerprint density at radius 3 is 2.83 bits per heavy atom. The Balaban J connectivity index is 1.78. The summed E-state index contributed by atoms with van der Waals surface area (Å²) in [6.07, 6.45) is 0.0262. The Morgan fingerprint density at radius 1 is 1.28 bits per heavy atom. The molecule has 4 heterocycles. The molecule has 5 rings (SSSR count). The summed E-state index contributed by atoms with van der Waals surface area (Å²) in [5.41, 5.74) is 5.98. The Kier molecular flexibility index (Phi) is 4.21. The number of nitrogens with zero attached hydrogens (tertiary/aromatic N) is 2. The standard InChI is InChI=1S/C23H23FN2O3/c1-4-13-16-8-12(28-3)6-7-19(16)25-21-17(13)10-26-20(21)9-15-14(5-2)22(24)29-11-18(15)23(26)27/h6-9,14,22H,4-5,10-11H2,1-3H3/t14?,22-/m1/s1. The quantitative estimate of drug-likeness (QED) is 0.519. The molecule has 0 saturated heterocycles. The van der Waals surface area contributed by atoms with Crippen molar-refractivity contribution in [2.75, 3.05) is 7.11 Å². The van der Waals surface area contributed by atoms with Crippen molar-refractivity contribution >= 4 is 10.9 Å². The summed E-state index contributed by atoms with van der Waals surface area (Å²) >= 11 is 0. The lowest BCUT2D eigenvalue weighted by Gasteiger charge is -2.28. The Bertz CT molecular complexity index is 1200. The molecule has 0 spiro atoms. The van der Waals surface area contributed by atoms with Gasteiger partial charge in [-0.25, -0.2) is 9.37 Å². The topological polar surface area (TPSA) is 53.3 Å². The molecular weight excluding hydrogens is 371 g/mol. The molecule has 0 saturated carbocycles. The molecule has 0 radical (unpaired) electrons. The van der Waals surface area contributed by atoms with Crippen LogP contribution in [-0.2, 0) is 24.3 Å². The van der Waals surface area contributed by atoms with E-state index in [0.29, 0.717) is 18.5 Å². The van der Waals surface area contributed by atoms with Gasteiger partial charge < -0.3 is 14.0 Å². The van der Waals surface area contributed by atoms with Crippen LogP contribution in [0.3, 0.4) is 0 Å². The fraction of sp³-hybridized carbons (Fsp3) is 0.391. The van der Waals surface area contributed by atoms with Gasteiger partial charge in [0, 0.05) is 22.4 Å². The van der Waals surface area contributed by atoms with E-state index in [1.165, 1.54) is 5.56 Å². The summed E-state index contributed by atoms with van der Waals surface area (Å²) in [4.78, 5) is 18.1. The third-order valence-electron chi connectivity index (χ3n) is 6.30. The highest BCUT2D eigenvalue weighted by Crippen LogP contribution is 2.40. The van der Waals surface area contributed by atoms with Crippen molar-refractivity contribution in [3.05, 3.63) is 56.9 Å². The molecule has 0 fully saturated rings. The van der Waals surface area contributed by atoms with Crippen LogP contribution in [0.4, 0.5) is 4.39 Å². The van der Waals surface area contributed by atoms with E-state index in [4.69, 9.17) is 14.5 Å². The maximum Gasteiger partial charge on any atom is 0.257 e. The molecule has 3 aromatic rings. The smallest absolute Gasteiger partial charge is 0.257 e. The van der Waals surface area contributed by atoms with Crippen LogP contribution in [0.5, 0.6) is 5.75 Å². The number of aromatic nitrogens is 2. The number of benzene rings is 1. The van der Waals surface area contributed by atoms with Crippen molar-refractivity contribution in [1.29, 1.82) is 0 Å². The second-order valence-electron chi connectivity index (χ2n) is 7.69. The van der Waals surface area contributed by atoms with Crippen LogP contribution in [0.1, 0.15) is 48.4 Å². The maximum atomic E-state index is 14.3. The normalized spacial score (nSPS) is 19.7. The van der Waals surface area contributed by atoms with E-state index >= 15 is 0 Å². The van der Waals surface area contributed by atoms with E-state index in [9.17, 15) is 9.18 Å². The van der Waals surface area contributed by atoms with E-state index in [1.54, 1.807) is 11.7 Å². The number of methoxy groups -OCH3 is 1. The van der Waals surface area contributed by atoms with Crippen LogP contribution in [0.25, 0.3) is 22.3 Å². The average Bonchev–Trinajstić information content (AvgIpc) is 3.10. The Labute approximate surface area is 168 Å². The summed E-state index contributed by atoms with van der Waals surface area (Å²) in [7, 11) is 1.65. The van der Waals surface area contributed by atoms with Crippen molar-refractivity contribution in [2.24, 2.45) is 0 Å². The lowest BCUT2D eigenvalue weighted by atomic mass is 9.90. The lowest BCUT2D eigenvalue weighted by Crippen LogP contribution is -2.33. The van der Waals surface area contributed by atoms with Gasteiger partial charge in [-0.05, 0) is 48.2 Å². The summed E-state index contributed by atoms with van der Waals surface area (Å²) < 4.78 is 26.8. The van der Waals surface area contributed by atoms with Crippen molar-refractivity contribution in [3.8, 4) is 17.1 Å². The van der Waals surface area contributed by atoms with Crippen molar-refractivity contribution in [2.45, 2.75) is 52.1 Å². The predicted octanol–water partition coefficient (Wildman–Crippen LogP) is 4.32. The minimum Gasteiger partial charge on any atom is -0.497 e. The molecule has 0 bridgehead atoms. The molecule has 6 heteroatoms. The van der Waals surface area contributed by atoms with E-state index in [2.05, 4.69) is 6.92 Å². The van der Waals surface area contributed by atoms with Crippen molar-refractivity contribution < 1.29 is 13.9 Å². The molecule has 1 unspecified atom stereocenters. The SMILES string of the molecule is CCc1c2c(nc3ccc(OC)cc13)-c1cc3c(c(=O)n1C2)CO[C@@H](F)C3CC. The Morgan fingerprint density at radius 2 is 2.10 bits per heavy atom. The number of aryl methyl sites for hydroxylation is 1. The monoisotopic (exact) mass is 394 g/mol. The highest BCUT2D eigenvalue weighted by atomic mass is 19.1. The summed E-state index contributed by atoms with van der Waals surface area (Å²) in [6, 6.07) is 7.82. The molecule has 2 aromatic heterocycles. The molecule has 1 aromatic carbocycles. The zero-order valence-corrected chi connectivity index (χ0v) is 16.8. The van der Waals surface area contributed by atoms with Gasteiger partial charge in [0.2, 0.25) is 6.36 Å². The van der Waals surface area contributed by atoms with Crippen LogP contribution in [0.2, 0.25) is 0 Å². The molecule has 2 atom stereocenters. The summed E-state index contributed by atoms with van der Waals surface area (Å²) in [6.45, 7) is 4.54. The fourth-order valence-electron chi connectivity index (χ4n) is 4.78. The minimum absolute atomic E-state index is 0.0235. The van der Waals surface area contributed by atoms with Gasteiger partial charge in [-0.1, -0.05) is 13.8 Å². The average molecular weight is 394 g/mol. The Hall–Kier alpha value is -2.73. The maximum absolute atomic E-state index is 14.3. The number of ether oxygens (including phenoxy) is 2.